The second-order valence-electron chi connectivity index (χ2n) is 4.04. The molecule has 0 aromatic carbocycles. The molecule has 4 nitrogen and oxygen atoms in total. The Morgan fingerprint density at radius 1 is 1.25 bits per heavy atom. The van der Waals surface area contributed by atoms with Crippen LogP contribution in [0.4, 0.5) is 0 Å². The second-order valence-corrected chi connectivity index (χ2v) is 5.73. The summed E-state index contributed by atoms with van der Waals surface area (Å²) < 4.78 is 28.0. The fraction of sp³-hybridized carbons (Fsp3) is 0.364. The molecule has 1 aliphatic heterocycles. The monoisotopic (exact) mass is 237 g/mol. The molecule has 0 saturated carbocycles. The molecule has 0 amide bonds. The van der Waals surface area contributed by atoms with Crippen molar-refractivity contribution >= 4 is 15.9 Å². The Hall–Kier alpha value is -1.36. The average Bonchev–Trinajstić information content (AvgIpc) is 2.28. The highest BCUT2D eigenvalue weighted by Crippen LogP contribution is 2.36. The zero-order valence-electron chi connectivity index (χ0n) is 8.64. The van der Waals surface area contributed by atoms with Crippen molar-refractivity contribution in [3.63, 3.8) is 0 Å². The summed E-state index contributed by atoms with van der Waals surface area (Å²) in [5.41, 5.74) is 2.85. The minimum absolute atomic E-state index is 0.0913. The van der Waals surface area contributed by atoms with Gasteiger partial charge in [-0.3, -0.25) is 4.98 Å². The molecule has 0 spiro atoms. The van der Waals surface area contributed by atoms with Gasteiger partial charge in [-0.15, -0.1) is 0 Å². The fourth-order valence-corrected chi connectivity index (χ4v) is 3.20. The van der Waals surface area contributed by atoms with Gasteiger partial charge >= 0.3 is 10.1 Å². The van der Waals surface area contributed by atoms with E-state index in [0.717, 1.165) is 24.0 Å². The molecule has 3 rings (SSSR count). The maximum absolute atomic E-state index is 11.4. The SMILES string of the molecule is O=S1(=O)CCC2=C(O1)c1ncccc1CC2. The number of aromatic nitrogens is 1. The van der Waals surface area contributed by atoms with Crippen LogP contribution in [0.1, 0.15) is 24.1 Å². The number of rotatable bonds is 0. The second kappa shape index (κ2) is 3.31. The summed E-state index contributed by atoms with van der Waals surface area (Å²) in [6, 6.07) is 3.83. The smallest absolute Gasteiger partial charge is 0.309 e. The standard InChI is InChI=1S/C11H11NO3S/c13-16(14)7-5-9-4-3-8-2-1-6-12-10(8)11(9)15-16/h1-2,6H,3-5,7H2. The van der Waals surface area contributed by atoms with Crippen molar-refractivity contribution in [2.75, 3.05) is 5.75 Å². The molecule has 1 aromatic heterocycles. The summed E-state index contributed by atoms with van der Waals surface area (Å²) in [7, 11) is -3.39. The molecule has 0 N–H and O–H groups in total. The van der Waals surface area contributed by atoms with E-state index in [2.05, 4.69) is 4.98 Å². The van der Waals surface area contributed by atoms with Crippen LogP contribution >= 0.6 is 0 Å². The van der Waals surface area contributed by atoms with Crippen molar-refractivity contribution in [1.82, 2.24) is 4.98 Å². The van der Waals surface area contributed by atoms with Crippen LogP contribution in [-0.2, 0) is 20.7 Å². The van der Waals surface area contributed by atoms with Gasteiger partial charge in [0.15, 0.2) is 5.76 Å². The van der Waals surface area contributed by atoms with E-state index >= 15 is 0 Å². The Kier molecular flexibility index (Phi) is 2.04. The van der Waals surface area contributed by atoms with Crippen LogP contribution in [0.5, 0.6) is 0 Å². The number of hydrogen-bond donors (Lipinski definition) is 0. The largest absolute Gasteiger partial charge is 0.380 e. The van der Waals surface area contributed by atoms with E-state index < -0.39 is 10.1 Å². The Labute approximate surface area is 94.1 Å². The molecule has 1 aliphatic carbocycles. The first-order chi connectivity index (χ1) is 7.66. The van der Waals surface area contributed by atoms with Crippen LogP contribution in [0.2, 0.25) is 0 Å². The number of fused-ring (bicyclic) bond motifs is 2. The first-order valence-electron chi connectivity index (χ1n) is 5.24. The normalized spacial score (nSPS) is 22.0. The molecule has 5 heteroatoms. The van der Waals surface area contributed by atoms with Crippen molar-refractivity contribution in [3.05, 3.63) is 35.2 Å². The van der Waals surface area contributed by atoms with Gasteiger partial charge < -0.3 is 4.18 Å². The summed E-state index contributed by atoms with van der Waals surface area (Å²) in [6.07, 6.45) is 4.04. The maximum atomic E-state index is 11.4. The Morgan fingerprint density at radius 2 is 2.12 bits per heavy atom. The molecule has 2 aliphatic rings. The van der Waals surface area contributed by atoms with Gasteiger partial charge in [-0.2, -0.15) is 8.42 Å². The minimum Gasteiger partial charge on any atom is -0.380 e. The van der Waals surface area contributed by atoms with Crippen LogP contribution in [0, 0.1) is 0 Å². The summed E-state index contributed by atoms with van der Waals surface area (Å²) in [4.78, 5) is 4.22. The predicted octanol–water partition coefficient (Wildman–Crippen LogP) is 1.49. The summed E-state index contributed by atoms with van der Waals surface area (Å²) >= 11 is 0. The van der Waals surface area contributed by atoms with E-state index in [1.54, 1.807) is 6.20 Å². The van der Waals surface area contributed by atoms with Crippen molar-refractivity contribution in [2.24, 2.45) is 0 Å². The quantitative estimate of drug-likeness (QED) is 0.641. The maximum Gasteiger partial charge on any atom is 0.309 e. The minimum atomic E-state index is -3.39. The lowest BCUT2D eigenvalue weighted by molar-refractivity contribution is 0.444. The Morgan fingerprint density at radius 3 is 3.00 bits per heavy atom. The summed E-state index contributed by atoms with van der Waals surface area (Å²) in [5.74, 6) is 0.571. The van der Waals surface area contributed by atoms with E-state index in [-0.39, 0.29) is 5.75 Å². The molecular formula is C11H11NO3S. The van der Waals surface area contributed by atoms with Crippen LogP contribution in [0.25, 0.3) is 5.76 Å². The van der Waals surface area contributed by atoms with Crippen molar-refractivity contribution in [2.45, 2.75) is 19.3 Å². The molecule has 0 radical (unpaired) electrons. The van der Waals surface area contributed by atoms with Crippen LogP contribution in [0.15, 0.2) is 23.9 Å². The lowest BCUT2D eigenvalue weighted by Crippen LogP contribution is -2.21. The molecule has 0 atom stereocenters. The van der Waals surface area contributed by atoms with Gasteiger partial charge in [0.25, 0.3) is 0 Å². The molecule has 0 unspecified atom stereocenters. The average molecular weight is 237 g/mol. The van der Waals surface area contributed by atoms with E-state index in [0.29, 0.717) is 17.9 Å². The molecule has 0 saturated heterocycles. The van der Waals surface area contributed by atoms with Gasteiger partial charge in [-0.25, -0.2) is 0 Å². The first kappa shape index (κ1) is 9.84. The van der Waals surface area contributed by atoms with E-state index in [9.17, 15) is 8.42 Å². The summed E-state index contributed by atoms with van der Waals surface area (Å²) in [6.45, 7) is 0. The lowest BCUT2D eigenvalue weighted by Gasteiger charge is -2.25. The topological polar surface area (TPSA) is 56.3 Å². The van der Waals surface area contributed by atoms with E-state index in [1.165, 1.54) is 0 Å². The molecule has 1 aromatic rings. The van der Waals surface area contributed by atoms with Gasteiger partial charge in [0.1, 0.15) is 5.69 Å². The third-order valence-corrected chi connectivity index (χ3v) is 4.11. The van der Waals surface area contributed by atoms with Crippen LogP contribution in [-0.4, -0.2) is 19.2 Å². The third kappa shape index (κ3) is 1.51. The van der Waals surface area contributed by atoms with Crippen LogP contribution < -0.4 is 0 Å². The van der Waals surface area contributed by atoms with E-state index in [1.807, 2.05) is 12.1 Å². The van der Waals surface area contributed by atoms with Gasteiger partial charge in [-0.1, -0.05) is 6.07 Å². The molecule has 0 fully saturated rings. The van der Waals surface area contributed by atoms with Crippen LogP contribution in [0.3, 0.4) is 0 Å². The van der Waals surface area contributed by atoms with E-state index in [4.69, 9.17) is 4.18 Å². The Bertz CT molecular complexity index is 575. The van der Waals surface area contributed by atoms with Gasteiger partial charge in [-0.05, 0) is 36.5 Å². The summed E-state index contributed by atoms with van der Waals surface area (Å²) in [5, 5.41) is 0. The molecule has 84 valence electrons. The zero-order valence-corrected chi connectivity index (χ0v) is 9.46. The van der Waals surface area contributed by atoms with Crippen molar-refractivity contribution in [3.8, 4) is 0 Å². The van der Waals surface area contributed by atoms with Crippen molar-refractivity contribution in [1.29, 1.82) is 0 Å². The highest BCUT2D eigenvalue weighted by Gasteiger charge is 2.30. The number of pyridine rings is 1. The van der Waals surface area contributed by atoms with Gasteiger partial charge in [0.05, 0.1) is 5.75 Å². The first-order valence-corrected chi connectivity index (χ1v) is 6.82. The molecule has 16 heavy (non-hydrogen) atoms. The lowest BCUT2D eigenvalue weighted by atomic mass is 9.93. The number of hydrogen-bond acceptors (Lipinski definition) is 4. The molecule has 0 bridgehead atoms. The molecule has 2 heterocycles. The molecular weight excluding hydrogens is 226 g/mol. The number of allylic oxidation sites excluding steroid dienone is 1. The third-order valence-electron chi connectivity index (χ3n) is 2.99. The van der Waals surface area contributed by atoms with Gasteiger partial charge in [0, 0.05) is 6.20 Å². The van der Waals surface area contributed by atoms with Gasteiger partial charge in [0.2, 0.25) is 0 Å². The highest BCUT2D eigenvalue weighted by atomic mass is 32.2. The zero-order chi connectivity index (χ0) is 11.2. The number of nitrogens with zero attached hydrogens (tertiary/aromatic N) is 1. The highest BCUT2D eigenvalue weighted by molar-refractivity contribution is 7.87. The fourth-order valence-electron chi connectivity index (χ4n) is 2.17. The predicted molar refractivity (Wildman–Crippen MR) is 59.0 cm³/mol. The Balaban J connectivity index is 2.15. The number of aryl methyl sites for hydroxylation is 1. The van der Waals surface area contributed by atoms with Crippen molar-refractivity contribution < 1.29 is 12.6 Å².